The summed E-state index contributed by atoms with van der Waals surface area (Å²) in [5, 5.41) is 15.2. The summed E-state index contributed by atoms with van der Waals surface area (Å²) < 4.78 is 5.70. The smallest absolute Gasteiger partial charge is 0.408 e. The third-order valence-electron chi connectivity index (χ3n) is 8.08. The fraction of sp³-hybridized carbons (Fsp3) is 0.464. The van der Waals surface area contributed by atoms with E-state index in [1.807, 2.05) is 24.3 Å². The zero-order chi connectivity index (χ0) is 24.4. The SMILES string of the molecule is O=C(NC1(C(=O)NC[C@@H]2CCC[C@@H]2C(=O)O)CCCC1)OCC1c2ccccc2-c2ccccc21. The van der Waals surface area contributed by atoms with Crippen molar-refractivity contribution in [3.05, 3.63) is 59.7 Å². The Morgan fingerprint density at radius 2 is 1.54 bits per heavy atom. The summed E-state index contributed by atoms with van der Waals surface area (Å²) in [5.74, 6) is -1.56. The quantitative estimate of drug-likeness (QED) is 0.547. The molecule has 0 bridgehead atoms. The van der Waals surface area contributed by atoms with Gasteiger partial charge < -0.3 is 20.5 Å². The molecule has 3 aliphatic rings. The summed E-state index contributed by atoms with van der Waals surface area (Å²) >= 11 is 0. The molecule has 7 heteroatoms. The number of nitrogens with one attached hydrogen (secondary N) is 2. The number of benzene rings is 2. The fourth-order valence-electron chi connectivity index (χ4n) is 6.22. The van der Waals surface area contributed by atoms with Crippen LogP contribution in [0.1, 0.15) is 62.0 Å². The number of carboxylic acids is 1. The lowest BCUT2D eigenvalue weighted by Gasteiger charge is -2.30. The molecule has 2 aromatic rings. The molecule has 2 fully saturated rings. The van der Waals surface area contributed by atoms with E-state index in [1.54, 1.807) is 0 Å². The molecular formula is C28H32N2O5. The second-order valence-corrected chi connectivity index (χ2v) is 10.1. The number of carbonyl (C=O) groups is 3. The number of hydrogen-bond acceptors (Lipinski definition) is 4. The average molecular weight is 477 g/mol. The van der Waals surface area contributed by atoms with Gasteiger partial charge in [0.25, 0.3) is 0 Å². The lowest BCUT2D eigenvalue weighted by atomic mass is 9.93. The second kappa shape index (κ2) is 9.72. The normalized spacial score (nSPS) is 22.3. The van der Waals surface area contributed by atoms with Crippen LogP contribution in [0.2, 0.25) is 0 Å². The van der Waals surface area contributed by atoms with Crippen molar-refractivity contribution in [1.82, 2.24) is 10.6 Å². The molecule has 2 atom stereocenters. The largest absolute Gasteiger partial charge is 0.481 e. The van der Waals surface area contributed by atoms with Gasteiger partial charge in [0.05, 0.1) is 5.92 Å². The van der Waals surface area contributed by atoms with E-state index in [0.717, 1.165) is 47.9 Å². The van der Waals surface area contributed by atoms with Gasteiger partial charge in [-0.15, -0.1) is 0 Å². The van der Waals surface area contributed by atoms with Crippen LogP contribution in [-0.2, 0) is 14.3 Å². The van der Waals surface area contributed by atoms with Gasteiger partial charge in [0.1, 0.15) is 12.1 Å². The minimum absolute atomic E-state index is 0.0446. The standard InChI is InChI=1S/C28H32N2O5/c31-25(32)19-13-7-8-18(19)16-29-26(33)28(14-5-6-15-28)30-27(34)35-17-24-22-11-3-1-9-20(22)21-10-2-4-12-23(21)24/h1-4,9-12,18-19,24H,5-8,13-17H2,(H,29,33)(H,30,34)(H,31,32)/t18-,19-/m0/s1. The molecule has 0 heterocycles. The highest BCUT2D eigenvalue weighted by Crippen LogP contribution is 2.44. The number of rotatable bonds is 7. The van der Waals surface area contributed by atoms with Gasteiger partial charge >= 0.3 is 12.1 Å². The van der Waals surface area contributed by atoms with E-state index in [2.05, 4.69) is 34.9 Å². The van der Waals surface area contributed by atoms with E-state index < -0.39 is 23.5 Å². The first-order valence-electron chi connectivity index (χ1n) is 12.6. The topological polar surface area (TPSA) is 105 Å². The minimum Gasteiger partial charge on any atom is -0.481 e. The van der Waals surface area contributed by atoms with Crippen molar-refractivity contribution in [3.63, 3.8) is 0 Å². The van der Waals surface area contributed by atoms with Crippen LogP contribution in [-0.4, -0.2) is 41.8 Å². The molecule has 0 radical (unpaired) electrons. The van der Waals surface area contributed by atoms with Gasteiger partial charge in [-0.25, -0.2) is 4.79 Å². The molecule has 7 nitrogen and oxygen atoms in total. The number of ether oxygens (including phenoxy) is 1. The molecule has 0 aliphatic heterocycles. The van der Waals surface area contributed by atoms with Crippen molar-refractivity contribution < 1.29 is 24.2 Å². The molecule has 0 unspecified atom stereocenters. The summed E-state index contributed by atoms with van der Waals surface area (Å²) in [4.78, 5) is 37.6. The molecule has 184 valence electrons. The summed E-state index contributed by atoms with van der Waals surface area (Å²) in [5.41, 5.74) is 3.60. The molecule has 0 aromatic heterocycles. The van der Waals surface area contributed by atoms with E-state index in [0.29, 0.717) is 25.8 Å². The summed E-state index contributed by atoms with van der Waals surface area (Å²) in [7, 11) is 0. The molecule has 3 N–H and O–H groups in total. The van der Waals surface area contributed by atoms with Gasteiger partial charge in [0, 0.05) is 12.5 Å². The zero-order valence-electron chi connectivity index (χ0n) is 19.8. The Bertz CT molecular complexity index is 1080. The Balaban J connectivity index is 1.22. The molecule has 0 spiro atoms. The van der Waals surface area contributed by atoms with E-state index in [1.165, 1.54) is 0 Å². The van der Waals surface area contributed by atoms with E-state index in [4.69, 9.17) is 4.74 Å². The number of amides is 2. The molecular weight excluding hydrogens is 444 g/mol. The van der Waals surface area contributed by atoms with Gasteiger partial charge in [-0.3, -0.25) is 9.59 Å². The third kappa shape index (κ3) is 4.51. The fourth-order valence-corrected chi connectivity index (χ4v) is 6.22. The number of fused-ring (bicyclic) bond motifs is 3. The van der Waals surface area contributed by atoms with Crippen molar-refractivity contribution in [2.45, 2.75) is 56.4 Å². The first-order chi connectivity index (χ1) is 17.0. The predicted molar refractivity (Wildman–Crippen MR) is 131 cm³/mol. The molecule has 0 saturated heterocycles. The number of aliphatic carboxylic acids is 1. The van der Waals surface area contributed by atoms with Gasteiger partial charge in [0.2, 0.25) is 5.91 Å². The molecule has 5 rings (SSSR count). The molecule has 2 amide bonds. The molecule has 2 aromatic carbocycles. The number of carboxylic acid groups (broad SMARTS) is 1. The Morgan fingerprint density at radius 3 is 2.17 bits per heavy atom. The van der Waals surface area contributed by atoms with Crippen molar-refractivity contribution in [1.29, 1.82) is 0 Å². The molecule has 3 aliphatic carbocycles. The highest BCUT2D eigenvalue weighted by Gasteiger charge is 2.44. The lowest BCUT2D eigenvalue weighted by molar-refractivity contribution is -0.143. The van der Waals surface area contributed by atoms with Crippen molar-refractivity contribution >= 4 is 18.0 Å². The first-order valence-corrected chi connectivity index (χ1v) is 12.6. The summed E-state index contributed by atoms with van der Waals surface area (Å²) in [6, 6.07) is 16.3. The van der Waals surface area contributed by atoms with E-state index >= 15 is 0 Å². The highest BCUT2D eigenvalue weighted by molar-refractivity contribution is 5.90. The lowest BCUT2D eigenvalue weighted by Crippen LogP contribution is -2.58. The van der Waals surface area contributed by atoms with Gasteiger partial charge in [0.15, 0.2) is 0 Å². The van der Waals surface area contributed by atoms with E-state index in [9.17, 15) is 19.5 Å². The summed E-state index contributed by atoms with van der Waals surface area (Å²) in [6.45, 7) is 0.518. The van der Waals surface area contributed by atoms with Crippen LogP contribution in [0.3, 0.4) is 0 Å². The molecule has 2 saturated carbocycles. The third-order valence-corrected chi connectivity index (χ3v) is 8.08. The highest BCUT2D eigenvalue weighted by atomic mass is 16.5. The van der Waals surface area contributed by atoms with Crippen molar-refractivity contribution in [2.24, 2.45) is 11.8 Å². The van der Waals surface area contributed by atoms with Crippen LogP contribution < -0.4 is 10.6 Å². The maximum atomic E-state index is 13.2. The monoisotopic (exact) mass is 476 g/mol. The Morgan fingerprint density at radius 1 is 0.914 bits per heavy atom. The van der Waals surface area contributed by atoms with Crippen molar-refractivity contribution in [3.8, 4) is 11.1 Å². The maximum absolute atomic E-state index is 13.2. The second-order valence-electron chi connectivity index (χ2n) is 10.1. The van der Waals surface area contributed by atoms with Gasteiger partial charge in [-0.1, -0.05) is 67.8 Å². The number of alkyl carbamates (subject to hydrolysis) is 1. The summed E-state index contributed by atoms with van der Waals surface area (Å²) in [6.07, 6.45) is 4.51. The Kier molecular flexibility index (Phi) is 6.50. The van der Waals surface area contributed by atoms with Crippen LogP contribution in [0.15, 0.2) is 48.5 Å². The van der Waals surface area contributed by atoms with Crippen LogP contribution in [0.4, 0.5) is 4.79 Å². The maximum Gasteiger partial charge on any atom is 0.408 e. The first kappa shape index (κ1) is 23.4. The zero-order valence-corrected chi connectivity index (χ0v) is 19.8. The number of carbonyl (C=O) groups excluding carboxylic acids is 2. The Labute approximate surface area is 205 Å². The van der Waals surface area contributed by atoms with Gasteiger partial charge in [-0.2, -0.15) is 0 Å². The van der Waals surface area contributed by atoms with E-state index in [-0.39, 0.29) is 24.3 Å². The predicted octanol–water partition coefficient (Wildman–Crippen LogP) is 4.46. The Hall–Kier alpha value is -3.35. The van der Waals surface area contributed by atoms with Gasteiger partial charge in [-0.05, 0) is 53.9 Å². The average Bonchev–Trinajstić information content (AvgIpc) is 3.59. The van der Waals surface area contributed by atoms with Crippen LogP contribution in [0, 0.1) is 11.8 Å². The van der Waals surface area contributed by atoms with Crippen LogP contribution in [0.5, 0.6) is 0 Å². The number of hydrogen-bond donors (Lipinski definition) is 3. The minimum atomic E-state index is -1.00. The van der Waals surface area contributed by atoms with Crippen LogP contribution >= 0.6 is 0 Å². The molecule has 35 heavy (non-hydrogen) atoms. The van der Waals surface area contributed by atoms with Crippen molar-refractivity contribution in [2.75, 3.05) is 13.2 Å². The van der Waals surface area contributed by atoms with Crippen LogP contribution in [0.25, 0.3) is 11.1 Å².